The van der Waals surface area contributed by atoms with Gasteiger partial charge in [0.2, 0.25) is 0 Å². The van der Waals surface area contributed by atoms with E-state index in [4.69, 9.17) is 9.84 Å². The predicted octanol–water partition coefficient (Wildman–Crippen LogP) is -1.23. The van der Waals surface area contributed by atoms with Crippen molar-refractivity contribution in [2.75, 3.05) is 6.61 Å². The first-order valence-electron chi connectivity index (χ1n) is 4.62. The van der Waals surface area contributed by atoms with E-state index in [1.54, 1.807) is 0 Å². The van der Waals surface area contributed by atoms with Gasteiger partial charge in [0.25, 0.3) is 0 Å². The van der Waals surface area contributed by atoms with Crippen molar-refractivity contribution in [2.24, 2.45) is 0 Å². The molecular weight excluding hydrogens is 330 g/mol. The van der Waals surface area contributed by atoms with Gasteiger partial charge in [0.1, 0.15) is 0 Å². The van der Waals surface area contributed by atoms with E-state index in [1.807, 2.05) is 0 Å². The Hall–Kier alpha value is 0.968. The molecule has 0 radical (unpaired) electrons. The normalized spacial score (nSPS) is 42.2. The van der Waals surface area contributed by atoms with Gasteiger partial charge in [0.05, 0.1) is 0 Å². The molecule has 0 aliphatic carbocycles. The third-order valence-electron chi connectivity index (χ3n) is 2.16. The summed E-state index contributed by atoms with van der Waals surface area (Å²) in [6.07, 6.45) is -4.35. The number of hydrogen-bond donors (Lipinski definition) is 4. The first-order valence-corrected chi connectivity index (χ1v) is 13.7. The maximum atomic E-state index is 9.66. The van der Waals surface area contributed by atoms with E-state index in [2.05, 4.69) is 9.74 Å². The summed E-state index contributed by atoms with van der Waals surface area (Å²) in [6, 6.07) is 0. The standard InChI is InChI=1S/C6H12O5S.2CH3.Sb/c7-1-2-3(8)4(9)5(10)6(12)11-2;;;/h2-10,12H,1H2;2*1H3;/q;;;+1/p-1. The molecule has 5 unspecified atom stereocenters. The van der Waals surface area contributed by atoms with Crippen LogP contribution in [0, 0.1) is 0 Å². The van der Waals surface area contributed by atoms with Gasteiger partial charge in [-0.1, -0.05) is 0 Å². The summed E-state index contributed by atoms with van der Waals surface area (Å²) >= 11 is -1.41. The van der Waals surface area contributed by atoms with Gasteiger partial charge in [-0.2, -0.15) is 0 Å². The summed E-state index contributed by atoms with van der Waals surface area (Å²) in [7, 11) is 1.54. The predicted molar refractivity (Wildman–Crippen MR) is 58.8 cm³/mol. The summed E-state index contributed by atoms with van der Waals surface area (Å²) < 4.78 is 5.34. The summed E-state index contributed by atoms with van der Waals surface area (Å²) in [5, 5.41) is 37.6. The third-order valence-corrected chi connectivity index (χ3v) is 8.57. The van der Waals surface area contributed by atoms with E-state index in [-0.39, 0.29) is 6.61 Å². The number of rotatable bonds is 3. The zero-order valence-electron chi connectivity index (χ0n) is 8.65. The molecule has 0 spiro atoms. The first-order chi connectivity index (χ1) is 6.97. The van der Waals surface area contributed by atoms with Crippen LogP contribution in [0.2, 0.25) is 9.74 Å². The molecule has 4 N–H and O–H groups in total. The van der Waals surface area contributed by atoms with Gasteiger partial charge in [0.15, 0.2) is 0 Å². The first kappa shape index (κ1) is 14.0. The van der Waals surface area contributed by atoms with Gasteiger partial charge >= 0.3 is 99.0 Å². The van der Waals surface area contributed by atoms with Crippen molar-refractivity contribution >= 4 is 27.7 Å². The number of aliphatic hydroxyl groups is 4. The van der Waals surface area contributed by atoms with Crippen molar-refractivity contribution in [3.05, 3.63) is 0 Å². The quantitative estimate of drug-likeness (QED) is 0.478. The molecular formula is C8H17O5SSb. The SMILES string of the molecule is [CH3][Sb]([CH3])[S]C1OC(CO)C(O)C(O)C1O. The third kappa shape index (κ3) is 3.46. The molecule has 1 fully saturated rings. The Balaban J connectivity index is 2.65. The zero-order valence-corrected chi connectivity index (χ0v) is 12.0. The van der Waals surface area contributed by atoms with Crippen LogP contribution in [0.5, 0.6) is 0 Å². The van der Waals surface area contributed by atoms with Crippen LogP contribution >= 0.6 is 8.85 Å². The Labute approximate surface area is 98.8 Å². The summed E-state index contributed by atoms with van der Waals surface area (Å²) in [6.45, 7) is -0.355. The van der Waals surface area contributed by atoms with Crippen LogP contribution in [0.25, 0.3) is 0 Å². The van der Waals surface area contributed by atoms with Crippen LogP contribution in [-0.4, -0.2) is 75.7 Å². The topological polar surface area (TPSA) is 90.2 Å². The molecule has 0 aromatic rings. The molecule has 1 aliphatic rings. The molecule has 1 rings (SSSR count). The van der Waals surface area contributed by atoms with Crippen LogP contribution in [0.1, 0.15) is 0 Å². The van der Waals surface area contributed by atoms with Gasteiger partial charge in [-0.3, -0.25) is 0 Å². The van der Waals surface area contributed by atoms with E-state index in [9.17, 15) is 15.3 Å². The van der Waals surface area contributed by atoms with Gasteiger partial charge in [-0.05, 0) is 0 Å². The van der Waals surface area contributed by atoms with Crippen molar-refractivity contribution in [2.45, 2.75) is 39.6 Å². The Morgan fingerprint density at radius 2 is 1.73 bits per heavy atom. The molecule has 0 aromatic heterocycles. The summed E-state index contributed by atoms with van der Waals surface area (Å²) in [4.78, 5) is 4.24. The van der Waals surface area contributed by atoms with Gasteiger partial charge in [-0.15, -0.1) is 0 Å². The van der Waals surface area contributed by atoms with Crippen LogP contribution in [0.3, 0.4) is 0 Å². The Morgan fingerprint density at radius 1 is 1.13 bits per heavy atom. The van der Waals surface area contributed by atoms with Crippen LogP contribution in [-0.2, 0) is 4.74 Å². The Morgan fingerprint density at radius 3 is 2.20 bits per heavy atom. The molecule has 0 amide bonds. The van der Waals surface area contributed by atoms with Gasteiger partial charge in [0, 0.05) is 0 Å². The molecule has 7 heteroatoms. The fraction of sp³-hybridized carbons (Fsp3) is 1.00. The molecule has 5 nitrogen and oxygen atoms in total. The van der Waals surface area contributed by atoms with Crippen molar-refractivity contribution in [3.8, 4) is 0 Å². The fourth-order valence-corrected chi connectivity index (χ4v) is 7.31. The summed E-state index contributed by atoms with van der Waals surface area (Å²) in [5.74, 6) is 0. The zero-order chi connectivity index (χ0) is 11.6. The molecule has 1 saturated heterocycles. The monoisotopic (exact) mass is 346 g/mol. The molecule has 90 valence electrons. The Bertz CT molecular complexity index is 203. The summed E-state index contributed by atoms with van der Waals surface area (Å²) in [5.41, 5.74) is -0.529. The molecule has 0 aromatic carbocycles. The second kappa shape index (κ2) is 6.05. The van der Waals surface area contributed by atoms with Crippen LogP contribution in [0.15, 0.2) is 0 Å². The molecule has 5 atom stereocenters. The van der Waals surface area contributed by atoms with E-state index in [1.165, 1.54) is 8.85 Å². The van der Waals surface area contributed by atoms with E-state index in [0.717, 1.165) is 0 Å². The molecule has 1 heterocycles. The second-order valence-corrected chi connectivity index (χ2v) is 15.6. The average Bonchev–Trinajstić information content (AvgIpc) is 2.18. The maximum absolute atomic E-state index is 9.66. The molecule has 0 saturated carbocycles. The Kier molecular flexibility index (Phi) is 5.66. The van der Waals surface area contributed by atoms with Crippen molar-refractivity contribution in [1.82, 2.24) is 0 Å². The second-order valence-electron chi connectivity index (χ2n) is 3.62. The number of hydrogen-bond acceptors (Lipinski definition) is 6. The van der Waals surface area contributed by atoms with Crippen LogP contribution < -0.4 is 0 Å². The van der Waals surface area contributed by atoms with Gasteiger partial charge < -0.3 is 0 Å². The van der Waals surface area contributed by atoms with E-state index >= 15 is 0 Å². The minimum absolute atomic E-state index is 0.355. The molecule has 0 bridgehead atoms. The molecule has 15 heavy (non-hydrogen) atoms. The molecule has 1 aliphatic heterocycles. The minimum atomic E-state index is -1.41. The van der Waals surface area contributed by atoms with Gasteiger partial charge in [-0.25, -0.2) is 0 Å². The van der Waals surface area contributed by atoms with Crippen molar-refractivity contribution < 1.29 is 25.2 Å². The number of aliphatic hydroxyl groups excluding tert-OH is 4. The van der Waals surface area contributed by atoms with Crippen molar-refractivity contribution in [1.29, 1.82) is 0 Å². The van der Waals surface area contributed by atoms with Crippen molar-refractivity contribution in [3.63, 3.8) is 0 Å². The van der Waals surface area contributed by atoms with E-state index in [0.29, 0.717) is 0 Å². The van der Waals surface area contributed by atoms with E-state index < -0.39 is 48.7 Å². The average molecular weight is 347 g/mol. The van der Waals surface area contributed by atoms with Crippen LogP contribution in [0.4, 0.5) is 0 Å². The fourth-order valence-electron chi connectivity index (χ4n) is 1.36. The number of ether oxygens (including phenoxy) is 1.